The second kappa shape index (κ2) is 61.9. The molecule has 0 nitrogen and oxygen atoms in total. The van der Waals surface area contributed by atoms with Gasteiger partial charge in [-0.1, -0.05) is 379 Å². The van der Waals surface area contributed by atoms with E-state index < -0.39 is 0 Å². The summed E-state index contributed by atoms with van der Waals surface area (Å²) in [4.78, 5) is 0. The van der Waals surface area contributed by atoms with Gasteiger partial charge < -0.3 is 0 Å². The van der Waals surface area contributed by atoms with E-state index in [9.17, 15) is 0 Å². The normalized spacial score (nSPS) is 9.91. The molecule has 0 bridgehead atoms. The molecular weight excluding hydrogens is 1950 g/mol. The second-order valence-electron chi connectivity index (χ2n) is 37.7. The van der Waals surface area contributed by atoms with Gasteiger partial charge in [-0.2, -0.15) is 0 Å². The zero-order valence-corrected chi connectivity index (χ0v) is 92.2. The molecule has 0 fully saturated rings. The highest BCUT2D eigenvalue weighted by molar-refractivity contribution is 9.11. The molecule has 4 heteroatoms. The summed E-state index contributed by atoms with van der Waals surface area (Å²) < 4.78 is 4.58. The van der Waals surface area contributed by atoms with Crippen LogP contribution in [0.25, 0.3) is 44.5 Å². The fraction of sp³-hybridized carbons (Fsp3) is 0.338. The molecule has 0 radical (unpaired) electrons. The topological polar surface area (TPSA) is 0 Å². The zero-order valence-electron chi connectivity index (χ0n) is 85.9. The number of halogens is 4. The van der Waals surface area contributed by atoms with Gasteiger partial charge >= 0.3 is 0 Å². The summed E-state index contributed by atoms with van der Waals surface area (Å²) in [5, 5.41) is 0. The summed E-state index contributed by atoms with van der Waals surface area (Å²) in [7, 11) is 0. The monoisotopic (exact) mass is 2130 g/mol. The first kappa shape index (κ1) is 134. The number of hydrogen-bond donors (Lipinski definition) is 0. The molecule has 0 heterocycles. The van der Waals surface area contributed by atoms with Crippen LogP contribution in [-0.2, 0) is 11.8 Å². The van der Waals surface area contributed by atoms with Crippen LogP contribution in [0.2, 0.25) is 0 Å². The fourth-order valence-corrected chi connectivity index (χ4v) is 18.6. The summed E-state index contributed by atoms with van der Waals surface area (Å²) in [5.41, 5.74) is 60.4. The van der Waals surface area contributed by atoms with E-state index >= 15 is 0 Å². The van der Waals surface area contributed by atoms with E-state index in [1.807, 2.05) is 0 Å². The largest absolute Gasteiger partial charge is 0.0776 e. The van der Waals surface area contributed by atoms with Crippen molar-refractivity contribution in [2.45, 2.75) is 321 Å². The lowest BCUT2D eigenvalue weighted by Crippen LogP contribution is -2.20. The van der Waals surface area contributed by atoms with Crippen molar-refractivity contribution < 1.29 is 0 Å². The smallest absolute Gasteiger partial charge is 0.0297 e. The van der Waals surface area contributed by atoms with Crippen LogP contribution < -0.4 is 0 Å². The van der Waals surface area contributed by atoms with Crippen LogP contribution in [0.5, 0.6) is 0 Å². The average Bonchev–Trinajstić information content (AvgIpc) is 0.744. The van der Waals surface area contributed by atoms with Crippen molar-refractivity contribution in [2.24, 2.45) is 0 Å². The molecule has 0 aliphatic heterocycles. The molecule has 140 heavy (non-hydrogen) atoms. The lowest BCUT2D eigenvalue weighted by atomic mass is 9.75. The lowest BCUT2D eigenvalue weighted by Gasteiger charge is -2.29. The van der Waals surface area contributed by atoms with Crippen LogP contribution in [0, 0.1) is 228 Å². The van der Waals surface area contributed by atoms with Gasteiger partial charge in [0.2, 0.25) is 0 Å². The Balaban J connectivity index is -0.00000152. The minimum absolute atomic E-state index is 0. The first-order valence-corrected chi connectivity index (χ1v) is 49.4. The van der Waals surface area contributed by atoms with Crippen LogP contribution in [0.4, 0.5) is 0 Å². The Hall–Kier alpha value is -9.78. The standard InChI is InChI=1S/C21H28.C18H18Br4.C18H22.C16H18.C15H16.C14H14.C9H12.2C8H10.9CH4/c1-13-9-19(10-14(2)17(13)5)21(7,8)20-11-15(3)18(6)16(4)12-20;1-7-9(3)15(19)13(16(20)10(7)4)14-17(21)11(5)8(2)12(6)18(14)22;1-11-7-17(8-12(2)15(11)5)18-9-13(3)16(6)14(4)10-18;1-11-5-7-15(9-13(11)3)16-8-6-12(2)14(4)10-16;1-12-3-7-14(8-4-12)11-15-9-5-13(2)6-10-15;1-11-3-7-13(8-4-11)14-9-5-12(2)6-10-14;1-7-4-5-8(2)9(3)6-7;1-7-3-5-8(2)6-4-7;1-7-4-3-5-8(2)6-7;;;;;;;;;/h9-12H,1-8H3;1-6H3;7-10H,1-6H3;5-10H,1-4H3;3-10H,11H2,1-2H3;3-10H,1-2H3;4-6H,1-3H3;2*3-6H,1-2H3;9*1H4. The molecule has 15 rings (SSSR count). The van der Waals surface area contributed by atoms with E-state index in [0.29, 0.717) is 0 Å². The van der Waals surface area contributed by atoms with E-state index in [4.69, 9.17) is 0 Å². The predicted octanol–water partition coefficient (Wildman–Crippen LogP) is 44.7. The van der Waals surface area contributed by atoms with Gasteiger partial charge in [-0.15, -0.1) is 0 Å². The first-order chi connectivity index (χ1) is 61.5. The molecule has 0 atom stereocenters. The minimum atomic E-state index is 0. The Bertz CT molecular complexity index is 5870. The van der Waals surface area contributed by atoms with Crippen molar-refractivity contribution in [3.05, 3.63) is 472 Å². The maximum Gasteiger partial charge on any atom is 0.0297 e. The molecule has 0 amide bonds. The van der Waals surface area contributed by atoms with E-state index in [1.54, 1.807) is 0 Å². The molecule has 0 saturated heterocycles. The predicted molar refractivity (Wildman–Crippen MR) is 655 cm³/mol. The number of hydrogen-bond acceptors (Lipinski definition) is 0. The van der Waals surface area contributed by atoms with Gasteiger partial charge in [-0.25, -0.2) is 0 Å². The fourth-order valence-electron chi connectivity index (χ4n) is 15.3. The summed E-state index contributed by atoms with van der Waals surface area (Å²) in [6.07, 6.45) is 1.03. The quantitative estimate of drug-likeness (QED) is 0.142. The third-order valence-corrected chi connectivity index (χ3v) is 30.6. The van der Waals surface area contributed by atoms with Gasteiger partial charge in [0.15, 0.2) is 0 Å². The van der Waals surface area contributed by atoms with Gasteiger partial charge in [0.1, 0.15) is 0 Å². The van der Waals surface area contributed by atoms with Gasteiger partial charge in [-0.3, -0.25) is 0 Å². The van der Waals surface area contributed by atoms with Crippen molar-refractivity contribution in [3.8, 4) is 44.5 Å². The molecule has 0 aliphatic carbocycles. The van der Waals surface area contributed by atoms with Crippen LogP contribution in [0.15, 0.2) is 267 Å². The van der Waals surface area contributed by atoms with Crippen molar-refractivity contribution in [1.82, 2.24) is 0 Å². The number of benzene rings is 15. The average molecular weight is 2140 g/mol. The van der Waals surface area contributed by atoms with Gasteiger partial charge in [-0.05, 0) is 488 Å². The molecule has 0 N–H and O–H groups in total. The van der Waals surface area contributed by atoms with Crippen LogP contribution >= 0.6 is 63.7 Å². The highest BCUT2D eigenvalue weighted by Crippen LogP contribution is 2.49. The maximum atomic E-state index is 3.82. The Labute approximate surface area is 894 Å². The third kappa shape index (κ3) is 38.2. The summed E-state index contributed by atoms with van der Waals surface area (Å²) in [6.45, 7) is 76.0. The van der Waals surface area contributed by atoms with Crippen LogP contribution in [0.1, 0.15) is 287 Å². The molecule has 0 spiro atoms. The number of rotatable bonds is 8. The van der Waals surface area contributed by atoms with Crippen molar-refractivity contribution >= 4 is 63.7 Å². The lowest BCUT2D eigenvalue weighted by molar-refractivity contribution is 0.637. The van der Waals surface area contributed by atoms with E-state index in [1.165, 1.54) is 250 Å². The first-order valence-electron chi connectivity index (χ1n) is 46.2. The molecule has 0 aromatic heterocycles. The van der Waals surface area contributed by atoms with Crippen LogP contribution in [0.3, 0.4) is 0 Å². The van der Waals surface area contributed by atoms with E-state index in [-0.39, 0.29) is 72.3 Å². The Kier molecular flexibility index (Phi) is 59.4. The highest BCUT2D eigenvalue weighted by atomic mass is 79.9. The summed E-state index contributed by atoms with van der Waals surface area (Å²) in [5.74, 6) is 0. The SMILES string of the molecule is C.C.C.C.C.C.C.C.C.Cc1c(C)c(Br)c(-c2c(Br)c(C)c(C)c(C)c2Br)c(Br)c1C.Cc1cc(-c2cc(C)c(C)c(C)c2)cc(C)c1C.Cc1cc(C(C)(C)c2cc(C)c(C)c(C)c2)cc(C)c1C.Cc1ccc(-c2ccc(C)c(C)c2)cc1C.Cc1ccc(-c2ccc(C)cc2)cc1.Cc1ccc(C)c(C)c1.Cc1ccc(C)cc1.Cc1ccc(Cc2ccc(C)cc2)cc1.Cc1cccc(C)c1. The molecule has 0 aliphatic rings. The summed E-state index contributed by atoms with van der Waals surface area (Å²) >= 11 is 15.3. The van der Waals surface area contributed by atoms with Crippen molar-refractivity contribution in [2.75, 3.05) is 0 Å². The third-order valence-electron chi connectivity index (χ3n) is 26.7. The van der Waals surface area contributed by atoms with E-state index in [0.717, 1.165) is 24.3 Å². The zero-order chi connectivity index (χ0) is 97.5. The molecule has 756 valence electrons. The molecule has 0 unspecified atom stereocenters. The second-order valence-corrected chi connectivity index (χ2v) is 40.9. The van der Waals surface area contributed by atoms with Gasteiger partial charge in [0.25, 0.3) is 0 Å². The Morgan fingerprint density at radius 2 is 0.357 bits per heavy atom. The van der Waals surface area contributed by atoms with Gasteiger partial charge in [0.05, 0.1) is 0 Å². The Morgan fingerprint density at radius 3 is 0.579 bits per heavy atom. The minimum Gasteiger partial charge on any atom is -0.0776 e. The summed E-state index contributed by atoms with van der Waals surface area (Å²) in [6, 6.07) is 90.1. The van der Waals surface area contributed by atoms with Crippen molar-refractivity contribution in [3.63, 3.8) is 0 Å². The molecule has 0 saturated carbocycles. The van der Waals surface area contributed by atoms with Crippen LogP contribution in [-0.4, -0.2) is 0 Å². The van der Waals surface area contributed by atoms with Gasteiger partial charge in [0, 0.05) is 34.4 Å². The number of aryl methyl sites for hydroxylation is 23. The molecule has 15 aromatic rings. The van der Waals surface area contributed by atoms with E-state index in [2.05, 4.69) is 555 Å². The highest BCUT2D eigenvalue weighted by Gasteiger charge is 2.27. The molecular formula is C136H184Br4. The van der Waals surface area contributed by atoms with Crippen molar-refractivity contribution in [1.29, 1.82) is 0 Å². The molecule has 15 aromatic carbocycles. The maximum absolute atomic E-state index is 3.82. The Morgan fingerprint density at radius 1 is 0.164 bits per heavy atom.